The van der Waals surface area contributed by atoms with Crippen molar-refractivity contribution in [3.05, 3.63) is 48.3 Å². The van der Waals surface area contributed by atoms with Crippen molar-refractivity contribution >= 4 is 44.4 Å². The summed E-state index contributed by atoms with van der Waals surface area (Å²) in [7, 11) is 0. The second-order valence-corrected chi connectivity index (χ2v) is 8.84. The number of alkyl halides is 3. The van der Waals surface area contributed by atoms with E-state index in [4.69, 9.17) is 0 Å². The van der Waals surface area contributed by atoms with E-state index in [-0.39, 0.29) is 23.2 Å². The molecule has 1 saturated heterocycles. The molecule has 1 aliphatic heterocycles. The summed E-state index contributed by atoms with van der Waals surface area (Å²) >= 11 is 2.65. The Labute approximate surface area is 183 Å². The lowest BCUT2D eigenvalue weighted by atomic mass is 10.3. The number of thiazole rings is 1. The van der Waals surface area contributed by atoms with Crippen LogP contribution in [0, 0.1) is 5.82 Å². The number of benzene rings is 2. The van der Waals surface area contributed by atoms with E-state index in [1.54, 1.807) is 17.0 Å². The maximum Gasteiger partial charge on any atom is 0.573 e. The first-order valence-corrected chi connectivity index (χ1v) is 11.1. The summed E-state index contributed by atoms with van der Waals surface area (Å²) in [5.41, 5.74) is 0.601. The van der Waals surface area contributed by atoms with Crippen molar-refractivity contribution in [3.8, 4) is 5.75 Å². The van der Waals surface area contributed by atoms with Gasteiger partial charge >= 0.3 is 6.36 Å². The molecule has 31 heavy (non-hydrogen) atoms. The normalized spacial score (nSPS) is 14.8. The summed E-state index contributed by atoms with van der Waals surface area (Å²) < 4.78 is 54.8. The Kier molecular flexibility index (Phi) is 6.24. The zero-order valence-electron chi connectivity index (χ0n) is 16.1. The van der Waals surface area contributed by atoms with Gasteiger partial charge in [0.1, 0.15) is 11.6 Å². The molecular formula is C20H17F4N3O2S2. The van der Waals surface area contributed by atoms with Crippen molar-refractivity contribution < 1.29 is 27.1 Å². The van der Waals surface area contributed by atoms with Crippen molar-refractivity contribution in [3.63, 3.8) is 0 Å². The lowest BCUT2D eigenvalue weighted by molar-refractivity contribution is -0.274. The van der Waals surface area contributed by atoms with Crippen LogP contribution in [0.15, 0.2) is 47.4 Å². The minimum absolute atomic E-state index is 0.00668. The highest BCUT2D eigenvalue weighted by molar-refractivity contribution is 8.00. The molecule has 0 aliphatic carbocycles. The van der Waals surface area contributed by atoms with Crippen LogP contribution in [0.25, 0.3) is 10.2 Å². The van der Waals surface area contributed by atoms with E-state index in [2.05, 4.69) is 9.72 Å². The molecule has 11 heteroatoms. The highest BCUT2D eigenvalue weighted by Crippen LogP contribution is 2.33. The maximum atomic E-state index is 13.0. The molecular weight excluding hydrogens is 454 g/mol. The average molecular weight is 472 g/mol. The molecule has 5 nitrogen and oxygen atoms in total. The van der Waals surface area contributed by atoms with Crippen LogP contribution in [0.5, 0.6) is 5.75 Å². The average Bonchev–Trinajstić information content (AvgIpc) is 3.15. The number of halogens is 4. The smallest absolute Gasteiger partial charge is 0.406 e. The Balaban J connectivity index is 1.33. The fourth-order valence-electron chi connectivity index (χ4n) is 3.14. The molecule has 0 radical (unpaired) electrons. The lowest BCUT2D eigenvalue weighted by Gasteiger charge is -2.34. The van der Waals surface area contributed by atoms with Crippen molar-refractivity contribution in [1.29, 1.82) is 0 Å². The monoisotopic (exact) mass is 471 g/mol. The number of nitrogens with zero attached hydrogens (tertiary/aromatic N) is 3. The van der Waals surface area contributed by atoms with E-state index >= 15 is 0 Å². The number of amides is 1. The van der Waals surface area contributed by atoms with Crippen LogP contribution in [-0.4, -0.2) is 54.1 Å². The summed E-state index contributed by atoms with van der Waals surface area (Å²) in [5, 5.41) is 0.701. The Morgan fingerprint density at radius 1 is 1.10 bits per heavy atom. The van der Waals surface area contributed by atoms with Gasteiger partial charge in [0.25, 0.3) is 0 Å². The van der Waals surface area contributed by atoms with Crippen LogP contribution >= 0.6 is 23.1 Å². The Hall–Kier alpha value is -2.53. The molecule has 0 atom stereocenters. The van der Waals surface area contributed by atoms with Gasteiger partial charge in [-0.25, -0.2) is 9.37 Å². The van der Waals surface area contributed by atoms with Crippen molar-refractivity contribution in [2.45, 2.75) is 11.3 Å². The first-order valence-electron chi connectivity index (χ1n) is 9.34. The summed E-state index contributed by atoms with van der Waals surface area (Å²) in [5.74, 6) is -0.309. The van der Waals surface area contributed by atoms with Crippen LogP contribution in [0.1, 0.15) is 0 Å². The van der Waals surface area contributed by atoms with E-state index in [1.807, 2.05) is 4.90 Å². The molecule has 0 bridgehead atoms. The van der Waals surface area contributed by atoms with Gasteiger partial charge in [-0.15, -0.1) is 24.9 Å². The van der Waals surface area contributed by atoms with Gasteiger partial charge in [0.15, 0.2) is 5.13 Å². The highest BCUT2D eigenvalue weighted by Gasteiger charge is 2.31. The molecule has 0 saturated carbocycles. The summed E-state index contributed by atoms with van der Waals surface area (Å²) in [6.45, 7) is 2.22. The molecule has 1 amide bonds. The number of carbonyl (C=O) groups excluding carboxylic acids is 1. The molecule has 2 heterocycles. The number of rotatable bonds is 5. The SMILES string of the molecule is O=C(CSc1ccc(F)cc1)N1CCN(c2nc3ccc(OC(F)(F)F)cc3s2)CC1. The van der Waals surface area contributed by atoms with E-state index in [9.17, 15) is 22.4 Å². The lowest BCUT2D eigenvalue weighted by Crippen LogP contribution is -2.49. The number of aromatic nitrogens is 1. The predicted molar refractivity (Wildman–Crippen MR) is 112 cm³/mol. The second kappa shape index (κ2) is 8.91. The number of carbonyl (C=O) groups is 1. The van der Waals surface area contributed by atoms with Gasteiger partial charge in [0.05, 0.1) is 16.0 Å². The predicted octanol–water partition coefficient (Wildman–Crippen LogP) is 4.77. The third-order valence-corrected chi connectivity index (χ3v) is 6.74. The minimum Gasteiger partial charge on any atom is -0.406 e. The van der Waals surface area contributed by atoms with E-state index in [0.29, 0.717) is 41.5 Å². The van der Waals surface area contributed by atoms with Crippen LogP contribution < -0.4 is 9.64 Å². The molecule has 0 unspecified atom stereocenters. The zero-order valence-corrected chi connectivity index (χ0v) is 17.7. The van der Waals surface area contributed by atoms with Crippen molar-refractivity contribution in [1.82, 2.24) is 9.88 Å². The molecule has 4 rings (SSSR count). The van der Waals surface area contributed by atoms with Crippen LogP contribution in [-0.2, 0) is 4.79 Å². The number of hydrogen-bond donors (Lipinski definition) is 0. The summed E-state index contributed by atoms with van der Waals surface area (Å²) in [6, 6.07) is 10.1. The number of fused-ring (bicyclic) bond motifs is 1. The van der Waals surface area contributed by atoms with Crippen LogP contribution in [0.4, 0.5) is 22.7 Å². The Morgan fingerprint density at radius 2 is 1.81 bits per heavy atom. The number of anilines is 1. The van der Waals surface area contributed by atoms with Gasteiger partial charge in [-0.2, -0.15) is 0 Å². The Bertz CT molecular complexity index is 1060. The molecule has 2 aromatic carbocycles. The molecule has 1 fully saturated rings. The van der Waals surface area contributed by atoms with Crippen molar-refractivity contribution in [2.75, 3.05) is 36.8 Å². The third-order valence-electron chi connectivity index (χ3n) is 4.66. The maximum absolute atomic E-state index is 13.0. The quantitative estimate of drug-likeness (QED) is 0.396. The number of hydrogen-bond acceptors (Lipinski definition) is 6. The molecule has 1 aromatic heterocycles. The van der Waals surface area contributed by atoms with E-state index in [0.717, 1.165) is 4.90 Å². The molecule has 0 N–H and O–H groups in total. The van der Waals surface area contributed by atoms with Crippen LogP contribution in [0.2, 0.25) is 0 Å². The standard InChI is InChI=1S/C20H17F4N3O2S2/c21-13-1-4-15(5-2-13)30-12-18(28)26-7-9-27(10-8-26)19-25-16-6-3-14(11-17(16)31-19)29-20(22,23)24/h1-6,11H,7-10,12H2. The largest absolute Gasteiger partial charge is 0.573 e. The first-order chi connectivity index (χ1) is 14.8. The topological polar surface area (TPSA) is 45.7 Å². The van der Waals surface area contributed by atoms with E-state index < -0.39 is 6.36 Å². The van der Waals surface area contributed by atoms with Crippen LogP contribution in [0.3, 0.4) is 0 Å². The number of piperazine rings is 1. The summed E-state index contributed by atoms with van der Waals surface area (Å²) in [4.78, 5) is 21.6. The van der Waals surface area contributed by atoms with Gasteiger partial charge < -0.3 is 14.5 Å². The third kappa shape index (κ3) is 5.59. The highest BCUT2D eigenvalue weighted by atomic mass is 32.2. The first kappa shape index (κ1) is 21.7. The molecule has 3 aromatic rings. The van der Waals surface area contributed by atoms with Gasteiger partial charge in [-0.3, -0.25) is 4.79 Å². The molecule has 0 spiro atoms. The minimum atomic E-state index is -4.74. The Morgan fingerprint density at radius 3 is 2.48 bits per heavy atom. The van der Waals surface area contributed by atoms with Gasteiger partial charge in [0, 0.05) is 37.1 Å². The van der Waals surface area contributed by atoms with Gasteiger partial charge in [-0.05, 0) is 36.4 Å². The fourth-order valence-corrected chi connectivity index (χ4v) is 4.99. The van der Waals surface area contributed by atoms with E-state index in [1.165, 1.54) is 53.4 Å². The number of ether oxygens (including phenoxy) is 1. The number of thioether (sulfide) groups is 1. The second-order valence-electron chi connectivity index (χ2n) is 6.78. The summed E-state index contributed by atoms with van der Waals surface area (Å²) in [6.07, 6.45) is -4.74. The fraction of sp³-hybridized carbons (Fsp3) is 0.300. The van der Waals surface area contributed by atoms with Gasteiger partial charge in [-0.1, -0.05) is 11.3 Å². The molecule has 164 valence electrons. The molecule has 1 aliphatic rings. The zero-order chi connectivity index (χ0) is 22.0. The van der Waals surface area contributed by atoms with Gasteiger partial charge in [0.2, 0.25) is 5.91 Å². The van der Waals surface area contributed by atoms with Crippen molar-refractivity contribution in [2.24, 2.45) is 0 Å².